The maximum absolute atomic E-state index is 13.7. The standard InChI is InChI=1S/C13H20FNO/c1-5-15(9(2)3)12-8-6-7-11(14)13(12)10(4)16/h6-10,16H,5H2,1-4H3/t10-/m1/s1. The molecular formula is C13H20FNO. The van der Waals surface area contributed by atoms with Crippen LogP contribution in [0, 0.1) is 5.82 Å². The van der Waals surface area contributed by atoms with Crippen LogP contribution in [0.15, 0.2) is 18.2 Å². The number of hydrogen-bond donors (Lipinski definition) is 1. The molecule has 0 aliphatic rings. The smallest absolute Gasteiger partial charge is 0.131 e. The number of benzene rings is 1. The Labute approximate surface area is 96.7 Å². The summed E-state index contributed by atoms with van der Waals surface area (Å²) in [6.07, 6.45) is -0.788. The summed E-state index contributed by atoms with van der Waals surface area (Å²) in [6, 6.07) is 5.21. The minimum atomic E-state index is -0.788. The highest BCUT2D eigenvalue weighted by atomic mass is 19.1. The van der Waals surface area contributed by atoms with Crippen molar-refractivity contribution in [2.75, 3.05) is 11.4 Å². The third-order valence-electron chi connectivity index (χ3n) is 2.72. The molecule has 1 atom stereocenters. The zero-order valence-electron chi connectivity index (χ0n) is 10.4. The van der Waals surface area contributed by atoms with Crippen LogP contribution in [-0.2, 0) is 0 Å². The SMILES string of the molecule is CCN(c1cccc(F)c1[C@@H](C)O)C(C)C. The zero-order valence-corrected chi connectivity index (χ0v) is 10.4. The van der Waals surface area contributed by atoms with E-state index < -0.39 is 6.10 Å². The second-order valence-electron chi connectivity index (χ2n) is 4.23. The molecule has 0 aliphatic carbocycles. The Kier molecular flexibility index (Phi) is 4.30. The van der Waals surface area contributed by atoms with E-state index in [0.717, 1.165) is 12.2 Å². The van der Waals surface area contributed by atoms with Crippen LogP contribution in [0.5, 0.6) is 0 Å². The topological polar surface area (TPSA) is 23.5 Å². The van der Waals surface area contributed by atoms with Gasteiger partial charge in [0.15, 0.2) is 0 Å². The highest BCUT2D eigenvalue weighted by molar-refractivity contribution is 5.55. The van der Waals surface area contributed by atoms with Gasteiger partial charge in [-0.2, -0.15) is 0 Å². The summed E-state index contributed by atoms with van der Waals surface area (Å²) in [5.41, 5.74) is 1.17. The molecule has 3 heteroatoms. The van der Waals surface area contributed by atoms with E-state index in [0.29, 0.717) is 5.56 Å². The van der Waals surface area contributed by atoms with Gasteiger partial charge < -0.3 is 10.0 Å². The first-order valence-electron chi connectivity index (χ1n) is 5.72. The molecule has 90 valence electrons. The fraction of sp³-hybridized carbons (Fsp3) is 0.538. The summed E-state index contributed by atoms with van der Waals surface area (Å²) >= 11 is 0. The maximum Gasteiger partial charge on any atom is 0.131 e. The molecule has 0 fully saturated rings. The van der Waals surface area contributed by atoms with Crippen molar-refractivity contribution in [2.45, 2.75) is 39.8 Å². The van der Waals surface area contributed by atoms with Crippen molar-refractivity contribution in [3.63, 3.8) is 0 Å². The van der Waals surface area contributed by atoms with Crippen LogP contribution in [0.4, 0.5) is 10.1 Å². The Morgan fingerprint density at radius 1 is 1.31 bits per heavy atom. The molecule has 1 aromatic rings. The van der Waals surface area contributed by atoms with Crippen molar-refractivity contribution >= 4 is 5.69 Å². The van der Waals surface area contributed by atoms with E-state index in [1.165, 1.54) is 6.07 Å². The van der Waals surface area contributed by atoms with Gasteiger partial charge in [0.05, 0.1) is 6.10 Å². The van der Waals surface area contributed by atoms with E-state index in [2.05, 4.69) is 18.7 Å². The molecule has 1 N–H and O–H groups in total. The van der Waals surface area contributed by atoms with Crippen LogP contribution in [0.2, 0.25) is 0 Å². The lowest BCUT2D eigenvalue weighted by Crippen LogP contribution is -2.31. The van der Waals surface area contributed by atoms with Crippen molar-refractivity contribution in [1.82, 2.24) is 0 Å². The van der Waals surface area contributed by atoms with Crippen molar-refractivity contribution in [3.8, 4) is 0 Å². The second kappa shape index (κ2) is 5.30. The van der Waals surface area contributed by atoms with E-state index >= 15 is 0 Å². The molecule has 0 aliphatic heterocycles. The summed E-state index contributed by atoms with van der Waals surface area (Å²) in [4.78, 5) is 2.07. The molecule has 0 saturated carbocycles. The number of aliphatic hydroxyl groups is 1. The number of halogens is 1. The molecule has 0 spiro atoms. The van der Waals surface area contributed by atoms with Crippen molar-refractivity contribution < 1.29 is 9.50 Å². The molecule has 0 aromatic heterocycles. The third kappa shape index (κ3) is 2.53. The van der Waals surface area contributed by atoms with Gasteiger partial charge in [0.25, 0.3) is 0 Å². The van der Waals surface area contributed by atoms with Crippen LogP contribution < -0.4 is 4.90 Å². The van der Waals surface area contributed by atoms with Gasteiger partial charge in [-0.15, -0.1) is 0 Å². The van der Waals surface area contributed by atoms with Gasteiger partial charge in [-0.1, -0.05) is 6.07 Å². The first-order valence-corrected chi connectivity index (χ1v) is 5.72. The molecular weight excluding hydrogens is 205 g/mol. The fourth-order valence-electron chi connectivity index (χ4n) is 2.00. The number of anilines is 1. The lowest BCUT2D eigenvalue weighted by molar-refractivity contribution is 0.194. The monoisotopic (exact) mass is 225 g/mol. The van der Waals surface area contributed by atoms with Crippen LogP contribution in [-0.4, -0.2) is 17.7 Å². The van der Waals surface area contributed by atoms with E-state index in [1.807, 2.05) is 13.0 Å². The fourth-order valence-corrected chi connectivity index (χ4v) is 2.00. The molecule has 0 saturated heterocycles. The van der Waals surface area contributed by atoms with Crippen molar-refractivity contribution in [2.24, 2.45) is 0 Å². The summed E-state index contributed by atoms with van der Waals surface area (Å²) in [6.45, 7) is 8.52. The molecule has 0 unspecified atom stereocenters. The largest absolute Gasteiger partial charge is 0.389 e. The van der Waals surface area contributed by atoms with Crippen molar-refractivity contribution in [1.29, 1.82) is 0 Å². The number of rotatable bonds is 4. The van der Waals surface area contributed by atoms with E-state index in [-0.39, 0.29) is 11.9 Å². The summed E-state index contributed by atoms with van der Waals surface area (Å²) < 4.78 is 13.7. The average Bonchev–Trinajstić information content (AvgIpc) is 2.17. The number of aliphatic hydroxyl groups excluding tert-OH is 1. The van der Waals surface area contributed by atoms with Crippen LogP contribution in [0.3, 0.4) is 0 Å². The first-order chi connectivity index (χ1) is 7.49. The van der Waals surface area contributed by atoms with E-state index in [1.54, 1.807) is 13.0 Å². The predicted octanol–water partition coefficient (Wildman–Crippen LogP) is 3.11. The highest BCUT2D eigenvalue weighted by Crippen LogP contribution is 2.29. The van der Waals surface area contributed by atoms with Crippen molar-refractivity contribution in [3.05, 3.63) is 29.6 Å². The van der Waals surface area contributed by atoms with Gasteiger partial charge >= 0.3 is 0 Å². The Morgan fingerprint density at radius 2 is 1.94 bits per heavy atom. The minimum Gasteiger partial charge on any atom is -0.389 e. The Bertz CT molecular complexity index is 350. The third-order valence-corrected chi connectivity index (χ3v) is 2.72. The van der Waals surface area contributed by atoms with Gasteiger partial charge in [-0.05, 0) is 39.8 Å². The maximum atomic E-state index is 13.7. The summed E-state index contributed by atoms with van der Waals surface area (Å²) in [7, 11) is 0. The molecule has 1 rings (SSSR count). The Morgan fingerprint density at radius 3 is 2.38 bits per heavy atom. The molecule has 0 amide bonds. The summed E-state index contributed by atoms with van der Waals surface area (Å²) in [5.74, 6) is -0.341. The Hall–Kier alpha value is -1.09. The Balaban J connectivity index is 3.26. The quantitative estimate of drug-likeness (QED) is 0.851. The molecule has 16 heavy (non-hydrogen) atoms. The summed E-state index contributed by atoms with van der Waals surface area (Å²) in [5, 5.41) is 9.64. The van der Waals surface area contributed by atoms with Crippen LogP contribution >= 0.6 is 0 Å². The lowest BCUT2D eigenvalue weighted by Gasteiger charge is -2.30. The van der Waals surface area contributed by atoms with Crippen LogP contribution in [0.25, 0.3) is 0 Å². The molecule has 2 nitrogen and oxygen atoms in total. The van der Waals surface area contributed by atoms with Gasteiger partial charge in [-0.3, -0.25) is 0 Å². The molecule has 0 heterocycles. The van der Waals surface area contributed by atoms with E-state index in [9.17, 15) is 9.50 Å². The number of hydrogen-bond acceptors (Lipinski definition) is 2. The molecule has 0 radical (unpaired) electrons. The second-order valence-corrected chi connectivity index (χ2v) is 4.23. The van der Waals surface area contributed by atoms with Gasteiger partial charge in [0.1, 0.15) is 5.82 Å². The highest BCUT2D eigenvalue weighted by Gasteiger charge is 2.18. The van der Waals surface area contributed by atoms with Gasteiger partial charge in [-0.25, -0.2) is 4.39 Å². The minimum absolute atomic E-state index is 0.282. The van der Waals surface area contributed by atoms with E-state index in [4.69, 9.17) is 0 Å². The van der Waals surface area contributed by atoms with Gasteiger partial charge in [0, 0.05) is 23.8 Å². The average molecular weight is 225 g/mol. The normalized spacial score (nSPS) is 12.9. The predicted molar refractivity (Wildman–Crippen MR) is 65.2 cm³/mol. The lowest BCUT2D eigenvalue weighted by atomic mass is 10.1. The van der Waals surface area contributed by atoms with Gasteiger partial charge in [0.2, 0.25) is 0 Å². The number of nitrogens with zero attached hydrogens (tertiary/aromatic N) is 1. The molecule has 0 bridgehead atoms. The molecule has 1 aromatic carbocycles. The first kappa shape index (κ1) is 13.0. The zero-order chi connectivity index (χ0) is 12.3. The van der Waals surface area contributed by atoms with Crippen LogP contribution in [0.1, 0.15) is 39.4 Å².